The van der Waals surface area contributed by atoms with Crippen LogP contribution in [-0.2, 0) is 11.3 Å². The normalized spacial score (nSPS) is 9.78. The molecule has 6 nitrogen and oxygen atoms in total. The van der Waals surface area contributed by atoms with Gasteiger partial charge < -0.3 is 5.32 Å². The zero-order valence-corrected chi connectivity index (χ0v) is 13.2. The van der Waals surface area contributed by atoms with Gasteiger partial charge in [-0.15, -0.1) is 0 Å². The zero-order valence-electron chi connectivity index (χ0n) is 13.2. The van der Waals surface area contributed by atoms with E-state index in [1.54, 1.807) is 29.4 Å². The van der Waals surface area contributed by atoms with Crippen molar-refractivity contribution in [2.45, 2.75) is 13.5 Å². The fourth-order valence-electron chi connectivity index (χ4n) is 1.62. The number of carbonyl (C=O) groups is 1. The van der Waals surface area contributed by atoms with Gasteiger partial charge >= 0.3 is 0 Å². The van der Waals surface area contributed by atoms with Crippen LogP contribution >= 0.6 is 0 Å². The van der Waals surface area contributed by atoms with E-state index in [9.17, 15) is 4.79 Å². The van der Waals surface area contributed by atoms with E-state index in [-0.39, 0.29) is 5.91 Å². The quantitative estimate of drug-likeness (QED) is 0.833. The molecular formula is C17H21N5O. The number of pyridine rings is 1. The molecule has 23 heavy (non-hydrogen) atoms. The standard InChI is InChI=1S/C12H14N4O.C5H7N/c1-10(17)14-6-8-16-7-4-12(15-16)11-3-2-5-13-9-11;1-3-5-6-4-2/h2-5,7,9H,6,8H2,1H3,(H,14,17);3-5H,1-2H2. The fraction of sp³-hybridized carbons (Fsp3) is 0.176. The van der Waals surface area contributed by atoms with E-state index in [0.717, 1.165) is 11.3 Å². The second kappa shape index (κ2) is 10.7. The Hall–Kier alpha value is -3.02. The van der Waals surface area contributed by atoms with E-state index in [2.05, 4.69) is 33.5 Å². The van der Waals surface area contributed by atoms with Gasteiger partial charge in [0.15, 0.2) is 0 Å². The molecule has 2 aromatic rings. The molecule has 0 spiro atoms. The van der Waals surface area contributed by atoms with E-state index in [1.165, 1.54) is 13.1 Å². The third-order valence-electron chi connectivity index (χ3n) is 2.61. The van der Waals surface area contributed by atoms with E-state index < -0.39 is 0 Å². The lowest BCUT2D eigenvalue weighted by Crippen LogP contribution is -2.24. The van der Waals surface area contributed by atoms with Gasteiger partial charge in [0, 0.05) is 50.0 Å². The second-order valence-electron chi connectivity index (χ2n) is 4.41. The van der Waals surface area contributed by atoms with Gasteiger partial charge in [0.2, 0.25) is 5.91 Å². The van der Waals surface area contributed by atoms with Gasteiger partial charge in [-0.05, 0) is 18.2 Å². The Morgan fingerprint density at radius 1 is 1.43 bits per heavy atom. The lowest BCUT2D eigenvalue weighted by atomic mass is 10.2. The minimum atomic E-state index is -0.0235. The molecule has 2 heterocycles. The maximum atomic E-state index is 10.7. The van der Waals surface area contributed by atoms with E-state index in [0.29, 0.717) is 13.1 Å². The predicted molar refractivity (Wildman–Crippen MR) is 93.0 cm³/mol. The molecule has 0 aliphatic rings. The smallest absolute Gasteiger partial charge is 0.216 e. The van der Waals surface area contributed by atoms with Crippen LogP contribution in [0.1, 0.15) is 6.92 Å². The summed E-state index contributed by atoms with van der Waals surface area (Å²) in [6.45, 7) is 9.51. The number of carbonyl (C=O) groups excluding carboxylic acids is 1. The number of allylic oxidation sites excluding steroid dienone is 1. The molecule has 0 fully saturated rings. The molecule has 0 unspecified atom stereocenters. The Kier molecular flexibility index (Phi) is 8.36. The molecule has 0 radical (unpaired) electrons. The summed E-state index contributed by atoms with van der Waals surface area (Å²) in [4.78, 5) is 18.4. The van der Waals surface area contributed by atoms with Crippen molar-refractivity contribution in [3.63, 3.8) is 0 Å². The van der Waals surface area contributed by atoms with E-state index in [1.807, 2.05) is 24.4 Å². The summed E-state index contributed by atoms with van der Waals surface area (Å²) in [5.41, 5.74) is 1.88. The molecule has 0 bridgehead atoms. The van der Waals surface area contributed by atoms with Crippen molar-refractivity contribution in [2.24, 2.45) is 4.99 Å². The Labute approximate surface area is 136 Å². The van der Waals surface area contributed by atoms with E-state index >= 15 is 0 Å². The van der Waals surface area contributed by atoms with Gasteiger partial charge in [0.25, 0.3) is 0 Å². The predicted octanol–water partition coefficient (Wildman–Crippen LogP) is 2.47. The first-order valence-corrected chi connectivity index (χ1v) is 7.10. The van der Waals surface area contributed by atoms with Crippen molar-refractivity contribution in [1.29, 1.82) is 0 Å². The van der Waals surface area contributed by atoms with Gasteiger partial charge in [0.05, 0.1) is 12.2 Å². The topological polar surface area (TPSA) is 72.2 Å². The zero-order chi connectivity index (χ0) is 16.9. The molecule has 1 amide bonds. The maximum Gasteiger partial charge on any atom is 0.216 e. The molecule has 120 valence electrons. The first-order chi connectivity index (χ1) is 11.2. The van der Waals surface area contributed by atoms with Gasteiger partial charge in [-0.1, -0.05) is 19.2 Å². The van der Waals surface area contributed by atoms with Crippen LogP contribution in [0.4, 0.5) is 0 Å². The summed E-state index contributed by atoms with van der Waals surface area (Å²) in [5.74, 6) is -0.0235. The largest absolute Gasteiger partial charge is 0.354 e. The van der Waals surface area contributed by atoms with Crippen molar-refractivity contribution in [3.05, 3.63) is 62.2 Å². The Morgan fingerprint density at radius 3 is 2.83 bits per heavy atom. The molecule has 1 N–H and O–H groups in total. The summed E-state index contributed by atoms with van der Waals surface area (Å²) >= 11 is 0. The summed E-state index contributed by atoms with van der Waals surface area (Å²) in [6, 6.07) is 5.78. The molecule has 0 saturated heterocycles. The molecule has 0 aromatic carbocycles. The molecule has 0 aliphatic heterocycles. The second-order valence-corrected chi connectivity index (χ2v) is 4.41. The number of hydrogen-bond acceptors (Lipinski definition) is 4. The molecule has 0 atom stereocenters. The third-order valence-corrected chi connectivity index (χ3v) is 2.61. The Balaban J connectivity index is 0.000000379. The number of aromatic nitrogens is 3. The summed E-state index contributed by atoms with van der Waals surface area (Å²) < 4.78 is 1.80. The number of hydrogen-bond donors (Lipinski definition) is 1. The lowest BCUT2D eigenvalue weighted by Gasteiger charge is -2.02. The highest BCUT2D eigenvalue weighted by molar-refractivity contribution is 5.72. The molecular weight excluding hydrogens is 290 g/mol. The van der Waals surface area contributed by atoms with Crippen molar-refractivity contribution in [1.82, 2.24) is 20.1 Å². The number of rotatable bonds is 6. The van der Waals surface area contributed by atoms with Gasteiger partial charge in [-0.25, -0.2) is 0 Å². The Bertz CT molecular complexity index is 636. The SMILES string of the molecule is C=CC=NC=C.CC(=O)NCCn1ccc(-c2cccnc2)n1. The highest BCUT2D eigenvalue weighted by atomic mass is 16.1. The van der Waals surface area contributed by atoms with Crippen molar-refractivity contribution in [3.8, 4) is 11.3 Å². The molecule has 6 heteroatoms. The minimum Gasteiger partial charge on any atom is -0.354 e. The van der Waals surface area contributed by atoms with E-state index in [4.69, 9.17) is 0 Å². The summed E-state index contributed by atoms with van der Waals surface area (Å²) in [6.07, 6.45) is 10.0. The van der Waals surface area contributed by atoms with Crippen molar-refractivity contribution in [2.75, 3.05) is 6.54 Å². The first kappa shape index (κ1) is 18.0. The maximum absolute atomic E-state index is 10.7. The van der Waals surface area contributed by atoms with Crippen LogP contribution < -0.4 is 5.32 Å². The van der Waals surface area contributed by atoms with Crippen LogP contribution in [0.25, 0.3) is 11.3 Å². The van der Waals surface area contributed by atoms with Crippen molar-refractivity contribution >= 4 is 12.1 Å². The highest BCUT2D eigenvalue weighted by Gasteiger charge is 2.01. The number of nitrogens with one attached hydrogen (secondary N) is 1. The Morgan fingerprint density at radius 2 is 2.26 bits per heavy atom. The van der Waals surface area contributed by atoms with Gasteiger partial charge in [0.1, 0.15) is 0 Å². The first-order valence-electron chi connectivity index (χ1n) is 7.10. The lowest BCUT2D eigenvalue weighted by molar-refractivity contribution is -0.118. The molecule has 0 aliphatic carbocycles. The van der Waals surface area contributed by atoms with Crippen LogP contribution in [-0.4, -0.2) is 33.4 Å². The summed E-state index contributed by atoms with van der Waals surface area (Å²) in [5, 5.41) is 7.13. The van der Waals surface area contributed by atoms with Crippen LogP contribution in [0.15, 0.2) is 67.2 Å². The molecule has 0 saturated carbocycles. The third kappa shape index (κ3) is 7.52. The number of aliphatic imine (C=N–C) groups is 1. The van der Waals surface area contributed by atoms with Crippen LogP contribution in [0, 0.1) is 0 Å². The van der Waals surface area contributed by atoms with Gasteiger partial charge in [-0.3, -0.25) is 19.5 Å². The van der Waals surface area contributed by atoms with Crippen LogP contribution in [0.2, 0.25) is 0 Å². The number of nitrogens with zero attached hydrogens (tertiary/aromatic N) is 4. The van der Waals surface area contributed by atoms with Crippen LogP contribution in [0.5, 0.6) is 0 Å². The minimum absolute atomic E-state index is 0.0235. The average molecular weight is 311 g/mol. The average Bonchev–Trinajstić information content (AvgIpc) is 3.03. The van der Waals surface area contributed by atoms with Crippen LogP contribution in [0.3, 0.4) is 0 Å². The van der Waals surface area contributed by atoms with Crippen molar-refractivity contribution < 1.29 is 4.79 Å². The molecule has 2 aromatic heterocycles. The monoisotopic (exact) mass is 311 g/mol. The molecule has 2 rings (SSSR count). The number of amides is 1. The fourth-order valence-corrected chi connectivity index (χ4v) is 1.62. The summed E-state index contributed by atoms with van der Waals surface area (Å²) in [7, 11) is 0. The highest BCUT2D eigenvalue weighted by Crippen LogP contribution is 2.14. The van der Waals surface area contributed by atoms with Gasteiger partial charge in [-0.2, -0.15) is 5.10 Å².